The first-order chi connectivity index (χ1) is 11.5. The highest BCUT2D eigenvalue weighted by molar-refractivity contribution is 7.80. The summed E-state index contributed by atoms with van der Waals surface area (Å²) in [4.78, 5) is 12.6. The summed E-state index contributed by atoms with van der Waals surface area (Å²) >= 11 is 5.25. The van der Waals surface area contributed by atoms with Crippen molar-refractivity contribution in [3.8, 4) is 11.5 Å². The lowest BCUT2D eigenvalue weighted by Crippen LogP contribution is -2.34. The zero-order valence-electron chi connectivity index (χ0n) is 14.1. The summed E-state index contributed by atoms with van der Waals surface area (Å²) in [5.74, 6) is 0.440. The van der Waals surface area contributed by atoms with Crippen molar-refractivity contribution < 1.29 is 14.3 Å². The highest BCUT2D eigenvalue weighted by atomic mass is 32.1. The standard InChI is InChI=1S/C18H20N2O3S/c1-11-7-5-8-13(12(11)2)19-18(24)20-17(21)16-14(22-3)9-6-10-15(16)23-4/h5-10H,1-4H3,(H2,19,20,21,24). The van der Waals surface area contributed by atoms with Crippen molar-refractivity contribution in [2.75, 3.05) is 19.5 Å². The Morgan fingerprint density at radius 2 is 1.58 bits per heavy atom. The molecule has 0 aliphatic carbocycles. The van der Waals surface area contributed by atoms with Crippen LogP contribution in [0.25, 0.3) is 0 Å². The van der Waals surface area contributed by atoms with Crippen molar-refractivity contribution in [1.82, 2.24) is 5.32 Å². The molecule has 0 heterocycles. The molecule has 5 nitrogen and oxygen atoms in total. The fourth-order valence-corrected chi connectivity index (χ4v) is 2.48. The molecule has 1 amide bonds. The van der Waals surface area contributed by atoms with Gasteiger partial charge in [0, 0.05) is 5.69 Å². The third-order valence-corrected chi connectivity index (χ3v) is 3.94. The van der Waals surface area contributed by atoms with Gasteiger partial charge in [0.1, 0.15) is 17.1 Å². The fraction of sp³-hybridized carbons (Fsp3) is 0.222. The number of anilines is 1. The Hall–Kier alpha value is -2.60. The quantitative estimate of drug-likeness (QED) is 0.832. The number of nitrogens with one attached hydrogen (secondary N) is 2. The molecular weight excluding hydrogens is 324 g/mol. The molecule has 0 aliphatic heterocycles. The Morgan fingerprint density at radius 1 is 1.00 bits per heavy atom. The predicted molar refractivity (Wildman–Crippen MR) is 99.1 cm³/mol. The maximum Gasteiger partial charge on any atom is 0.264 e. The number of hydrogen-bond donors (Lipinski definition) is 2. The Kier molecular flexibility index (Phi) is 5.76. The summed E-state index contributed by atoms with van der Waals surface area (Å²) in [6.45, 7) is 4.01. The molecule has 6 heteroatoms. The van der Waals surface area contributed by atoms with Gasteiger partial charge < -0.3 is 14.8 Å². The maximum absolute atomic E-state index is 12.6. The molecule has 0 fully saturated rings. The minimum atomic E-state index is -0.396. The molecule has 0 aromatic heterocycles. The number of carbonyl (C=O) groups excluding carboxylic acids is 1. The van der Waals surface area contributed by atoms with Crippen molar-refractivity contribution in [1.29, 1.82) is 0 Å². The largest absolute Gasteiger partial charge is 0.496 e. The van der Waals surface area contributed by atoms with Gasteiger partial charge >= 0.3 is 0 Å². The third-order valence-electron chi connectivity index (χ3n) is 3.73. The number of aryl methyl sites for hydroxylation is 1. The molecule has 0 saturated heterocycles. The Bertz CT molecular complexity index is 753. The first-order valence-electron chi connectivity index (χ1n) is 7.37. The molecule has 0 radical (unpaired) electrons. The number of ether oxygens (including phenoxy) is 2. The summed E-state index contributed by atoms with van der Waals surface area (Å²) in [6, 6.07) is 11.0. The normalized spacial score (nSPS) is 10.0. The number of carbonyl (C=O) groups is 1. The second kappa shape index (κ2) is 7.79. The highest BCUT2D eigenvalue weighted by Crippen LogP contribution is 2.28. The molecule has 0 saturated carbocycles. The number of hydrogen-bond acceptors (Lipinski definition) is 4. The van der Waals surface area contributed by atoms with Gasteiger partial charge in [0.2, 0.25) is 0 Å². The van der Waals surface area contributed by atoms with Crippen LogP contribution in [0.4, 0.5) is 5.69 Å². The van der Waals surface area contributed by atoms with E-state index in [0.29, 0.717) is 17.1 Å². The van der Waals surface area contributed by atoms with E-state index in [1.807, 2.05) is 32.0 Å². The van der Waals surface area contributed by atoms with E-state index in [4.69, 9.17) is 21.7 Å². The van der Waals surface area contributed by atoms with Crippen LogP contribution in [0.15, 0.2) is 36.4 Å². The average molecular weight is 344 g/mol. The molecule has 0 unspecified atom stereocenters. The van der Waals surface area contributed by atoms with Crippen LogP contribution < -0.4 is 20.1 Å². The van der Waals surface area contributed by atoms with E-state index in [2.05, 4.69) is 10.6 Å². The summed E-state index contributed by atoms with van der Waals surface area (Å²) < 4.78 is 10.5. The zero-order valence-corrected chi connectivity index (χ0v) is 14.9. The fourth-order valence-electron chi connectivity index (χ4n) is 2.28. The lowest BCUT2D eigenvalue weighted by atomic mass is 10.1. The first kappa shape index (κ1) is 17.7. The number of rotatable bonds is 4. The number of amides is 1. The summed E-state index contributed by atoms with van der Waals surface area (Å²) in [5.41, 5.74) is 3.37. The second-order valence-electron chi connectivity index (χ2n) is 5.19. The van der Waals surface area contributed by atoms with Gasteiger partial charge in [0.25, 0.3) is 5.91 Å². The van der Waals surface area contributed by atoms with E-state index < -0.39 is 5.91 Å². The molecule has 126 valence electrons. The number of methoxy groups -OCH3 is 2. The molecule has 0 atom stereocenters. The molecule has 24 heavy (non-hydrogen) atoms. The van der Waals surface area contributed by atoms with Crippen molar-refractivity contribution in [3.63, 3.8) is 0 Å². The van der Waals surface area contributed by atoms with E-state index in [0.717, 1.165) is 16.8 Å². The van der Waals surface area contributed by atoms with E-state index in [-0.39, 0.29) is 5.11 Å². The van der Waals surface area contributed by atoms with Gasteiger partial charge in [-0.3, -0.25) is 10.1 Å². The Labute approximate surface area is 147 Å². The van der Waals surface area contributed by atoms with E-state index in [1.54, 1.807) is 18.2 Å². The van der Waals surface area contributed by atoms with Crippen LogP contribution in [0, 0.1) is 13.8 Å². The van der Waals surface area contributed by atoms with Gasteiger partial charge in [-0.05, 0) is 55.4 Å². The van der Waals surface area contributed by atoms with Crippen LogP contribution >= 0.6 is 12.2 Å². The van der Waals surface area contributed by atoms with E-state index in [9.17, 15) is 4.79 Å². The molecule has 2 aromatic rings. The van der Waals surface area contributed by atoms with Crippen LogP contribution in [0.3, 0.4) is 0 Å². The highest BCUT2D eigenvalue weighted by Gasteiger charge is 2.19. The van der Waals surface area contributed by atoms with Crippen LogP contribution in [-0.2, 0) is 0 Å². The van der Waals surface area contributed by atoms with Crippen LogP contribution in [0.2, 0.25) is 0 Å². The van der Waals surface area contributed by atoms with Crippen molar-refractivity contribution in [2.45, 2.75) is 13.8 Å². The maximum atomic E-state index is 12.6. The summed E-state index contributed by atoms with van der Waals surface area (Å²) in [5, 5.41) is 5.92. The Morgan fingerprint density at radius 3 is 2.17 bits per heavy atom. The van der Waals surface area contributed by atoms with E-state index >= 15 is 0 Å². The average Bonchev–Trinajstić information content (AvgIpc) is 2.57. The molecule has 0 bridgehead atoms. The monoisotopic (exact) mass is 344 g/mol. The molecule has 2 N–H and O–H groups in total. The Balaban J connectivity index is 2.18. The smallest absolute Gasteiger partial charge is 0.264 e. The van der Waals surface area contributed by atoms with Crippen LogP contribution in [0.5, 0.6) is 11.5 Å². The molecular formula is C18H20N2O3S. The lowest BCUT2D eigenvalue weighted by Gasteiger charge is -2.15. The molecule has 0 spiro atoms. The third kappa shape index (κ3) is 3.83. The van der Waals surface area contributed by atoms with Gasteiger partial charge in [-0.15, -0.1) is 0 Å². The summed E-state index contributed by atoms with van der Waals surface area (Å²) in [7, 11) is 3.00. The van der Waals surface area contributed by atoms with Gasteiger partial charge in [0.15, 0.2) is 5.11 Å². The number of thiocarbonyl (C=S) groups is 1. The summed E-state index contributed by atoms with van der Waals surface area (Å²) in [6.07, 6.45) is 0. The second-order valence-corrected chi connectivity index (χ2v) is 5.60. The van der Waals surface area contributed by atoms with Gasteiger partial charge in [0.05, 0.1) is 14.2 Å². The first-order valence-corrected chi connectivity index (χ1v) is 7.78. The SMILES string of the molecule is COc1cccc(OC)c1C(=O)NC(=S)Nc1cccc(C)c1C. The predicted octanol–water partition coefficient (Wildman–Crippen LogP) is 3.45. The van der Waals surface area contributed by atoms with Crippen molar-refractivity contribution in [3.05, 3.63) is 53.1 Å². The molecule has 2 rings (SSSR count). The van der Waals surface area contributed by atoms with Crippen molar-refractivity contribution >= 4 is 28.9 Å². The van der Waals surface area contributed by atoms with Crippen LogP contribution in [-0.4, -0.2) is 25.2 Å². The minimum Gasteiger partial charge on any atom is -0.496 e. The van der Waals surface area contributed by atoms with Gasteiger partial charge in [-0.1, -0.05) is 18.2 Å². The topological polar surface area (TPSA) is 59.6 Å². The van der Waals surface area contributed by atoms with Gasteiger partial charge in [-0.2, -0.15) is 0 Å². The van der Waals surface area contributed by atoms with Crippen LogP contribution in [0.1, 0.15) is 21.5 Å². The van der Waals surface area contributed by atoms with Gasteiger partial charge in [-0.25, -0.2) is 0 Å². The number of benzene rings is 2. The minimum absolute atomic E-state index is 0.210. The lowest BCUT2D eigenvalue weighted by molar-refractivity contribution is 0.0971. The molecule has 2 aromatic carbocycles. The zero-order chi connectivity index (χ0) is 17.7. The molecule has 0 aliphatic rings. The van der Waals surface area contributed by atoms with E-state index in [1.165, 1.54) is 14.2 Å². The van der Waals surface area contributed by atoms with Crippen molar-refractivity contribution in [2.24, 2.45) is 0 Å².